The lowest BCUT2D eigenvalue weighted by molar-refractivity contribution is -0.132. The highest BCUT2D eigenvalue weighted by molar-refractivity contribution is 7.13. The normalized spacial score (nSPS) is 16.3. The Kier molecular flexibility index (Phi) is 5.56. The van der Waals surface area contributed by atoms with Gasteiger partial charge in [0.2, 0.25) is 11.8 Å². The summed E-state index contributed by atoms with van der Waals surface area (Å²) in [5.41, 5.74) is 7.90. The third-order valence-electron chi connectivity index (χ3n) is 5.02. The molecule has 1 aromatic heterocycles. The van der Waals surface area contributed by atoms with Crippen LogP contribution >= 0.6 is 11.3 Å². The van der Waals surface area contributed by atoms with Crippen LogP contribution in [0, 0.1) is 0 Å². The Bertz CT molecular complexity index is 767. The molecule has 1 aliphatic heterocycles. The van der Waals surface area contributed by atoms with Crippen molar-refractivity contribution in [2.45, 2.75) is 31.6 Å². The number of benzene rings is 1. The van der Waals surface area contributed by atoms with Crippen LogP contribution < -0.4 is 11.1 Å². The summed E-state index contributed by atoms with van der Waals surface area (Å²) in [4.78, 5) is 29.8. The highest BCUT2D eigenvalue weighted by Gasteiger charge is 2.40. The van der Waals surface area contributed by atoms with Crippen molar-refractivity contribution in [2.75, 3.05) is 25.4 Å². The molecular weight excluding hydrogens is 348 g/mol. The van der Waals surface area contributed by atoms with Crippen LogP contribution in [0.15, 0.2) is 35.7 Å². The molecule has 3 N–H and O–H groups in total. The van der Waals surface area contributed by atoms with Crippen LogP contribution in [0.5, 0.6) is 0 Å². The molecule has 0 saturated carbocycles. The van der Waals surface area contributed by atoms with E-state index >= 15 is 0 Å². The van der Waals surface area contributed by atoms with Crippen LogP contribution in [0.4, 0.5) is 5.13 Å². The van der Waals surface area contributed by atoms with E-state index in [1.807, 2.05) is 28.5 Å². The van der Waals surface area contributed by atoms with Crippen LogP contribution in [-0.4, -0.2) is 41.3 Å². The first-order valence-corrected chi connectivity index (χ1v) is 9.68. The Morgan fingerprint density at radius 3 is 2.54 bits per heavy atom. The summed E-state index contributed by atoms with van der Waals surface area (Å²) in [6.45, 7) is 3.19. The summed E-state index contributed by atoms with van der Waals surface area (Å²) >= 11 is 1.46. The molecule has 0 spiro atoms. The van der Waals surface area contributed by atoms with E-state index in [-0.39, 0.29) is 17.2 Å². The molecule has 6 nitrogen and oxygen atoms in total. The second kappa shape index (κ2) is 7.86. The van der Waals surface area contributed by atoms with Gasteiger partial charge in [-0.2, -0.15) is 0 Å². The van der Waals surface area contributed by atoms with E-state index in [0.717, 1.165) is 18.5 Å². The molecule has 2 amide bonds. The Labute approximate surface area is 157 Å². The topological polar surface area (TPSA) is 88.3 Å². The Morgan fingerprint density at radius 2 is 1.96 bits per heavy atom. The Balaban J connectivity index is 1.74. The fraction of sp³-hybridized carbons (Fsp3) is 0.421. The summed E-state index contributed by atoms with van der Waals surface area (Å²) in [6, 6.07) is 10.3. The number of piperidine rings is 1. The average Bonchev–Trinajstić information content (AvgIpc) is 3.09. The fourth-order valence-electron chi connectivity index (χ4n) is 3.60. The molecule has 0 bridgehead atoms. The third kappa shape index (κ3) is 3.88. The number of likely N-dealkylation sites (tertiary alicyclic amines) is 1. The summed E-state index contributed by atoms with van der Waals surface area (Å²) < 4.78 is 0. The maximum Gasteiger partial charge on any atom is 0.224 e. The number of nitrogens with zero attached hydrogens (tertiary/aromatic N) is 2. The number of carbonyl (C=O) groups is 2. The molecular formula is C19H24N4O2S. The number of nitrogens with two attached hydrogens (primary N) is 1. The molecule has 1 aliphatic rings. The van der Waals surface area contributed by atoms with E-state index in [4.69, 9.17) is 5.73 Å². The van der Waals surface area contributed by atoms with Crippen molar-refractivity contribution >= 4 is 28.3 Å². The third-order valence-corrected chi connectivity index (χ3v) is 5.70. The van der Waals surface area contributed by atoms with Crippen molar-refractivity contribution in [1.82, 2.24) is 15.2 Å². The monoisotopic (exact) mass is 372 g/mol. The summed E-state index contributed by atoms with van der Waals surface area (Å²) in [5, 5.41) is 5.29. The second-order valence-corrected chi connectivity index (χ2v) is 7.52. The second-order valence-electron chi connectivity index (χ2n) is 6.63. The van der Waals surface area contributed by atoms with Crippen molar-refractivity contribution in [1.29, 1.82) is 0 Å². The van der Waals surface area contributed by atoms with E-state index in [0.29, 0.717) is 31.2 Å². The van der Waals surface area contributed by atoms with E-state index < -0.39 is 0 Å². The van der Waals surface area contributed by atoms with Gasteiger partial charge in [-0.3, -0.25) is 9.59 Å². The van der Waals surface area contributed by atoms with Gasteiger partial charge in [-0.25, -0.2) is 4.98 Å². The highest BCUT2D eigenvalue weighted by Crippen LogP contribution is 2.42. The molecule has 0 radical (unpaired) electrons. The number of carbonyl (C=O) groups excluding carboxylic acids is 2. The minimum Gasteiger partial charge on any atom is -0.375 e. The number of hydrogen-bond donors (Lipinski definition) is 2. The molecule has 138 valence electrons. The number of nitrogens with one attached hydrogen (secondary N) is 1. The lowest BCUT2D eigenvalue weighted by Crippen LogP contribution is -2.46. The molecule has 7 heteroatoms. The van der Waals surface area contributed by atoms with Crippen molar-refractivity contribution in [3.05, 3.63) is 47.0 Å². The van der Waals surface area contributed by atoms with Crippen LogP contribution in [-0.2, 0) is 15.0 Å². The fourth-order valence-corrected chi connectivity index (χ4v) is 4.26. The largest absolute Gasteiger partial charge is 0.375 e. The van der Waals surface area contributed by atoms with Crippen molar-refractivity contribution in [2.24, 2.45) is 0 Å². The van der Waals surface area contributed by atoms with E-state index in [1.54, 1.807) is 0 Å². The first kappa shape index (κ1) is 18.4. The summed E-state index contributed by atoms with van der Waals surface area (Å²) in [7, 11) is 0. The van der Waals surface area contributed by atoms with Crippen molar-refractivity contribution < 1.29 is 9.59 Å². The zero-order valence-corrected chi connectivity index (χ0v) is 15.7. The lowest BCUT2D eigenvalue weighted by atomic mass is 9.70. The number of nitrogen functional groups attached to an aromatic ring is 1. The number of rotatable bonds is 5. The Hall–Kier alpha value is -2.41. The van der Waals surface area contributed by atoms with Crippen LogP contribution in [0.3, 0.4) is 0 Å². The predicted molar refractivity (Wildman–Crippen MR) is 103 cm³/mol. The molecule has 0 atom stereocenters. The number of amides is 2. The van der Waals surface area contributed by atoms with Gasteiger partial charge < -0.3 is 16.0 Å². The van der Waals surface area contributed by atoms with Gasteiger partial charge in [0.15, 0.2) is 5.13 Å². The Morgan fingerprint density at radius 1 is 1.27 bits per heavy atom. The molecule has 1 fully saturated rings. The number of aromatic nitrogens is 1. The minimum absolute atomic E-state index is 0.0817. The van der Waals surface area contributed by atoms with Gasteiger partial charge in [0.05, 0.1) is 5.69 Å². The summed E-state index contributed by atoms with van der Waals surface area (Å²) in [6.07, 6.45) is 1.96. The lowest BCUT2D eigenvalue weighted by Gasteiger charge is -2.41. The van der Waals surface area contributed by atoms with Crippen LogP contribution in [0.2, 0.25) is 0 Å². The summed E-state index contributed by atoms with van der Waals surface area (Å²) in [5.74, 6) is -0.0288. The predicted octanol–water partition coefficient (Wildman–Crippen LogP) is 2.16. The van der Waals surface area contributed by atoms with Crippen molar-refractivity contribution in [3.63, 3.8) is 0 Å². The first-order chi connectivity index (χ1) is 12.5. The molecule has 3 rings (SSSR count). The van der Waals surface area contributed by atoms with Gasteiger partial charge in [0, 0.05) is 43.8 Å². The van der Waals surface area contributed by atoms with Gasteiger partial charge in [-0.05, 0) is 18.4 Å². The number of hydrogen-bond acceptors (Lipinski definition) is 5. The smallest absolute Gasteiger partial charge is 0.224 e. The van der Waals surface area contributed by atoms with Gasteiger partial charge in [0.1, 0.15) is 0 Å². The maximum absolute atomic E-state index is 12.4. The quantitative estimate of drug-likeness (QED) is 0.842. The molecule has 2 aromatic rings. The SMILES string of the molecule is CC(=O)NCCC(=O)N1CCC(c2ccccc2)(c2csc(N)n2)CC1. The highest BCUT2D eigenvalue weighted by atomic mass is 32.1. The van der Waals surface area contributed by atoms with Crippen LogP contribution in [0.1, 0.15) is 37.4 Å². The van der Waals surface area contributed by atoms with E-state index in [9.17, 15) is 9.59 Å². The average molecular weight is 372 g/mol. The zero-order chi connectivity index (χ0) is 18.6. The van der Waals surface area contributed by atoms with Gasteiger partial charge >= 0.3 is 0 Å². The molecule has 1 saturated heterocycles. The molecule has 0 unspecified atom stereocenters. The molecule has 0 aliphatic carbocycles. The van der Waals surface area contributed by atoms with Gasteiger partial charge in [-0.1, -0.05) is 30.3 Å². The van der Waals surface area contributed by atoms with E-state index in [2.05, 4.69) is 22.4 Å². The van der Waals surface area contributed by atoms with Crippen LogP contribution in [0.25, 0.3) is 0 Å². The molecule has 1 aromatic carbocycles. The first-order valence-electron chi connectivity index (χ1n) is 8.80. The molecule has 26 heavy (non-hydrogen) atoms. The number of anilines is 1. The maximum atomic E-state index is 12.4. The molecule has 2 heterocycles. The van der Waals surface area contributed by atoms with Gasteiger partial charge in [-0.15, -0.1) is 11.3 Å². The standard InChI is InChI=1S/C19H24N4O2S/c1-14(24)21-10-7-17(25)23-11-8-19(9-12-23,15-5-3-2-4-6-15)16-13-26-18(20)22-16/h2-6,13H,7-12H2,1H3,(H2,20,22)(H,21,24). The van der Waals surface area contributed by atoms with Crippen molar-refractivity contribution in [3.8, 4) is 0 Å². The minimum atomic E-state index is -0.205. The number of thiazole rings is 1. The van der Waals surface area contributed by atoms with Gasteiger partial charge in [0.25, 0.3) is 0 Å². The zero-order valence-electron chi connectivity index (χ0n) is 14.9. The van der Waals surface area contributed by atoms with E-state index in [1.165, 1.54) is 23.8 Å².